The lowest BCUT2D eigenvalue weighted by atomic mass is 9.76. The van der Waals surface area contributed by atoms with Gasteiger partial charge in [0.2, 0.25) is 0 Å². The Bertz CT molecular complexity index is 155. The molecule has 3 aliphatic carbocycles. The summed E-state index contributed by atoms with van der Waals surface area (Å²) in [4.78, 5) is 0. The van der Waals surface area contributed by atoms with Gasteiger partial charge in [-0.1, -0.05) is 0 Å². The first-order valence-electron chi connectivity index (χ1n) is 4.79. The predicted octanol–water partition coefficient (Wildman–Crippen LogP) is 2.32. The van der Waals surface area contributed by atoms with Crippen LogP contribution in [0, 0.1) is 5.92 Å². The van der Waals surface area contributed by atoms with E-state index in [4.69, 9.17) is 0 Å². The highest BCUT2D eigenvalue weighted by Gasteiger charge is 2.51. The van der Waals surface area contributed by atoms with Gasteiger partial charge in [-0.05, 0) is 52.4 Å². The Kier molecular flexibility index (Phi) is 1.39. The van der Waals surface area contributed by atoms with Crippen LogP contribution in [0.15, 0.2) is 0 Å². The van der Waals surface area contributed by atoms with Crippen molar-refractivity contribution >= 4 is 0 Å². The first-order chi connectivity index (χ1) is 4.99. The van der Waals surface area contributed by atoms with Gasteiger partial charge in [0, 0.05) is 11.1 Å². The molecule has 0 radical (unpaired) electrons. The second-order valence-electron chi connectivity index (χ2n) is 5.47. The van der Waals surface area contributed by atoms with E-state index in [1.165, 1.54) is 25.7 Å². The third-order valence-corrected chi connectivity index (χ3v) is 3.03. The SMILES string of the molecule is CC(C)(C)NC12CCC(C1)C2. The molecular formula is C10H19N. The highest BCUT2D eigenvalue weighted by molar-refractivity contribution is 5.09. The van der Waals surface area contributed by atoms with Gasteiger partial charge in [-0.25, -0.2) is 0 Å². The summed E-state index contributed by atoms with van der Waals surface area (Å²) in [6.07, 6.45) is 5.80. The Labute approximate surface area is 69.6 Å². The zero-order valence-electron chi connectivity index (χ0n) is 7.91. The highest BCUT2D eigenvalue weighted by Crippen LogP contribution is 2.52. The fourth-order valence-electron chi connectivity index (χ4n) is 2.89. The molecule has 3 fully saturated rings. The van der Waals surface area contributed by atoms with Crippen molar-refractivity contribution in [3.05, 3.63) is 0 Å². The normalized spacial score (nSPS) is 42.3. The summed E-state index contributed by atoms with van der Waals surface area (Å²) in [7, 11) is 0. The molecule has 1 heteroatoms. The molecule has 11 heavy (non-hydrogen) atoms. The molecule has 0 unspecified atom stereocenters. The minimum absolute atomic E-state index is 0.315. The first-order valence-corrected chi connectivity index (χ1v) is 4.79. The molecule has 0 saturated heterocycles. The van der Waals surface area contributed by atoms with Crippen LogP contribution in [0.1, 0.15) is 46.5 Å². The van der Waals surface area contributed by atoms with Crippen molar-refractivity contribution < 1.29 is 0 Å². The molecule has 0 aliphatic heterocycles. The zero-order chi connectivity index (χ0) is 8.11. The molecule has 0 amide bonds. The van der Waals surface area contributed by atoms with E-state index in [1.807, 2.05) is 0 Å². The van der Waals surface area contributed by atoms with Crippen LogP contribution >= 0.6 is 0 Å². The van der Waals surface area contributed by atoms with Crippen LogP contribution in [0.4, 0.5) is 0 Å². The Morgan fingerprint density at radius 1 is 1.27 bits per heavy atom. The molecule has 0 aromatic rings. The van der Waals surface area contributed by atoms with E-state index in [9.17, 15) is 0 Å². The zero-order valence-corrected chi connectivity index (χ0v) is 7.91. The smallest absolute Gasteiger partial charge is 0.0191 e. The van der Waals surface area contributed by atoms with Gasteiger partial charge in [0.25, 0.3) is 0 Å². The average Bonchev–Trinajstić information content (AvgIpc) is 2.15. The molecular weight excluding hydrogens is 134 g/mol. The van der Waals surface area contributed by atoms with E-state index < -0.39 is 0 Å². The largest absolute Gasteiger partial charge is 0.307 e. The van der Waals surface area contributed by atoms with Gasteiger partial charge >= 0.3 is 0 Å². The third-order valence-electron chi connectivity index (χ3n) is 3.03. The fourth-order valence-corrected chi connectivity index (χ4v) is 2.89. The van der Waals surface area contributed by atoms with E-state index in [0.717, 1.165) is 5.92 Å². The van der Waals surface area contributed by atoms with Crippen molar-refractivity contribution in [2.45, 2.75) is 57.5 Å². The maximum Gasteiger partial charge on any atom is 0.0191 e. The number of nitrogens with one attached hydrogen (secondary N) is 1. The summed E-state index contributed by atoms with van der Waals surface area (Å²) in [6.45, 7) is 6.81. The van der Waals surface area contributed by atoms with E-state index in [2.05, 4.69) is 26.1 Å². The Morgan fingerprint density at radius 3 is 2.27 bits per heavy atom. The summed E-state index contributed by atoms with van der Waals surface area (Å²) < 4.78 is 0. The molecule has 3 rings (SSSR count). The Hall–Kier alpha value is -0.0400. The quantitative estimate of drug-likeness (QED) is 0.609. The molecule has 3 aliphatic rings. The molecule has 0 spiro atoms. The van der Waals surface area contributed by atoms with Gasteiger partial charge in [-0.15, -0.1) is 0 Å². The van der Waals surface area contributed by atoms with Crippen LogP contribution in [0.5, 0.6) is 0 Å². The molecule has 0 heterocycles. The average molecular weight is 153 g/mol. The topological polar surface area (TPSA) is 12.0 Å². The van der Waals surface area contributed by atoms with Gasteiger partial charge in [-0.2, -0.15) is 0 Å². The van der Waals surface area contributed by atoms with E-state index >= 15 is 0 Å². The fraction of sp³-hybridized carbons (Fsp3) is 1.00. The summed E-state index contributed by atoms with van der Waals surface area (Å²) in [5.74, 6) is 1.07. The van der Waals surface area contributed by atoms with Crippen molar-refractivity contribution in [1.29, 1.82) is 0 Å². The molecule has 0 aromatic heterocycles. The standard InChI is InChI=1S/C10H19N/c1-9(2,3)11-10-5-4-8(6-10)7-10/h8,11H,4-7H2,1-3H3. The highest BCUT2D eigenvalue weighted by atomic mass is 15.1. The van der Waals surface area contributed by atoms with Crippen LogP contribution in [0.25, 0.3) is 0 Å². The summed E-state index contributed by atoms with van der Waals surface area (Å²) in [6, 6.07) is 0. The van der Waals surface area contributed by atoms with Crippen LogP contribution in [-0.2, 0) is 0 Å². The summed E-state index contributed by atoms with van der Waals surface area (Å²) >= 11 is 0. The second-order valence-corrected chi connectivity index (χ2v) is 5.47. The predicted molar refractivity (Wildman–Crippen MR) is 47.6 cm³/mol. The van der Waals surface area contributed by atoms with E-state index in [0.29, 0.717) is 11.1 Å². The lowest BCUT2D eigenvalue weighted by Crippen LogP contribution is -2.56. The first kappa shape index (κ1) is 7.60. The van der Waals surface area contributed by atoms with Crippen molar-refractivity contribution in [2.24, 2.45) is 5.92 Å². The van der Waals surface area contributed by atoms with E-state index in [-0.39, 0.29) is 0 Å². The minimum atomic E-state index is 0.315. The number of fused-ring (bicyclic) bond motifs is 1. The van der Waals surface area contributed by atoms with Crippen molar-refractivity contribution in [3.8, 4) is 0 Å². The van der Waals surface area contributed by atoms with Crippen LogP contribution in [0.3, 0.4) is 0 Å². The third kappa shape index (κ3) is 1.31. The molecule has 2 bridgehead atoms. The number of hydrogen-bond donors (Lipinski definition) is 1. The minimum Gasteiger partial charge on any atom is -0.307 e. The second kappa shape index (κ2) is 2.01. The monoisotopic (exact) mass is 153 g/mol. The molecule has 1 N–H and O–H groups in total. The van der Waals surface area contributed by atoms with Crippen LogP contribution in [0.2, 0.25) is 0 Å². The number of rotatable bonds is 1. The van der Waals surface area contributed by atoms with Crippen LogP contribution in [-0.4, -0.2) is 11.1 Å². The summed E-state index contributed by atoms with van der Waals surface area (Å²) in [5, 5.41) is 3.76. The van der Waals surface area contributed by atoms with Gasteiger partial charge in [0.1, 0.15) is 0 Å². The van der Waals surface area contributed by atoms with Crippen LogP contribution < -0.4 is 5.32 Å². The molecule has 0 atom stereocenters. The Balaban J connectivity index is 1.96. The summed E-state index contributed by atoms with van der Waals surface area (Å²) in [5.41, 5.74) is 0.887. The maximum atomic E-state index is 3.76. The molecule has 1 nitrogen and oxygen atoms in total. The van der Waals surface area contributed by atoms with Gasteiger partial charge in [0.15, 0.2) is 0 Å². The lowest BCUT2D eigenvalue weighted by Gasteiger charge is -2.44. The van der Waals surface area contributed by atoms with Gasteiger partial charge in [-0.3, -0.25) is 0 Å². The van der Waals surface area contributed by atoms with Gasteiger partial charge in [0.05, 0.1) is 0 Å². The lowest BCUT2D eigenvalue weighted by molar-refractivity contribution is 0.147. The van der Waals surface area contributed by atoms with Crippen molar-refractivity contribution in [1.82, 2.24) is 5.32 Å². The molecule has 3 saturated carbocycles. The van der Waals surface area contributed by atoms with Gasteiger partial charge < -0.3 is 5.32 Å². The molecule has 0 aromatic carbocycles. The Morgan fingerprint density at radius 2 is 1.91 bits per heavy atom. The van der Waals surface area contributed by atoms with E-state index in [1.54, 1.807) is 0 Å². The molecule has 64 valence electrons. The maximum absolute atomic E-state index is 3.76. The van der Waals surface area contributed by atoms with Crippen molar-refractivity contribution in [2.75, 3.05) is 0 Å². The van der Waals surface area contributed by atoms with Crippen molar-refractivity contribution in [3.63, 3.8) is 0 Å². The number of hydrogen-bond acceptors (Lipinski definition) is 1.